The average Bonchev–Trinajstić information content (AvgIpc) is 3.34. The predicted molar refractivity (Wildman–Crippen MR) is 109 cm³/mol. The van der Waals surface area contributed by atoms with Crippen molar-refractivity contribution in [2.45, 2.75) is 50.7 Å². The summed E-state index contributed by atoms with van der Waals surface area (Å²) in [6.45, 7) is 2.17. The molecule has 4 rings (SSSR count). The summed E-state index contributed by atoms with van der Waals surface area (Å²) in [6.07, 6.45) is -3.60. The van der Waals surface area contributed by atoms with E-state index >= 15 is 0 Å². The number of nitrogens with zero attached hydrogens (tertiary/aromatic N) is 4. The van der Waals surface area contributed by atoms with Crippen LogP contribution in [0.25, 0.3) is 11.2 Å². The van der Waals surface area contributed by atoms with Crippen molar-refractivity contribution in [2.24, 2.45) is 0 Å². The first-order valence-electron chi connectivity index (χ1n) is 9.94. The van der Waals surface area contributed by atoms with Gasteiger partial charge in [-0.15, -0.1) is 0 Å². The Morgan fingerprint density at radius 2 is 1.97 bits per heavy atom. The molecule has 2 aromatic heterocycles. The van der Waals surface area contributed by atoms with Gasteiger partial charge in [0, 0.05) is 13.0 Å². The van der Waals surface area contributed by atoms with Gasteiger partial charge in [-0.2, -0.15) is 0 Å². The number of nitrogens with one attached hydrogen (secondary N) is 2. The van der Waals surface area contributed by atoms with E-state index in [4.69, 9.17) is 4.74 Å². The molecule has 11 heteroatoms. The van der Waals surface area contributed by atoms with Crippen LogP contribution in [0.1, 0.15) is 25.1 Å². The molecule has 1 amide bonds. The van der Waals surface area contributed by atoms with Gasteiger partial charge in [-0.1, -0.05) is 37.3 Å². The predicted octanol–water partition coefficient (Wildman–Crippen LogP) is -0.0978. The lowest BCUT2D eigenvalue weighted by molar-refractivity contribution is -0.132. The number of aromatic nitrogens is 4. The van der Waals surface area contributed by atoms with Crippen molar-refractivity contribution in [3.8, 4) is 0 Å². The number of carbonyl (C=O) groups is 1. The molecule has 3 heterocycles. The molecule has 3 aromatic rings. The molecular weight excluding hydrogens is 404 g/mol. The molecule has 164 valence electrons. The molecule has 5 atom stereocenters. The van der Waals surface area contributed by atoms with Crippen molar-refractivity contribution >= 4 is 22.9 Å². The topological polar surface area (TPSA) is 155 Å². The van der Waals surface area contributed by atoms with Gasteiger partial charge in [0.15, 0.2) is 29.4 Å². The first-order valence-corrected chi connectivity index (χ1v) is 9.94. The highest BCUT2D eigenvalue weighted by molar-refractivity contribution is 5.82. The average molecular weight is 428 g/mol. The lowest BCUT2D eigenvalue weighted by Crippen LogP contribution is -2.48. The minimum atomic E-state index is -1.48. The van der Waals surface area contributed by atoms with E-state index in [1.165, 1.54) is 17.2 Å². The Hall–Kier alpha value is -3.12. The minimum absolute atomic E-state index is 0.160. The molecule has 31 heavy (non-hydrogen) atoms. The zero-order chi connectivity index (χ0) is 22.0. The van der Waals surface area contributed by atoms with Gasteiger partial charge in [0.05, 0.1) is 6.33 Å². The highest BCUT2D eigenvalue weighted by atomic mass is 16.6. The number of ether oxygens (including phenoxy) is 1. The van der Waals surface area contributed by atoms with Crippen molar-refractivity contribution in [1.82, 2.24) is 24.8 Å². The Labute approximate surface area is 177 Å². The molecule has 0 spiro atoms. The number of anilines is 1. The van der Waals surface area contributed by atoms with Gasteiger partial charge in [-0.05, 0) is 5.56 Å². The van der Waals surface area contributed by atoms with E-state index in [1.54, 1.807) is 6.92 Å². The van der Waals surface area contributed by atoms with Crippen molar-refractivity contribution in [2.75, 3.05) is 5.32 Å². The lowest BCUT2D eigenvalue weighted by Gasteiger charge is -2.21. The van der Waals surface area contributed by atoms with Crippen LogP contribution in [0.4, 0.5) is 5.82 Å². The van der Waals surface area contributed by atoms with Crippen LogP contribution in [0.15, 0.2) is 43.0 Å². The molecule has 0 radical (unpaired) electrons. The maximum absolute atomic E-state index is 11.5. The number of imidazole rings is 1. The standard InChI is InChI=1S/C20H24N6O5/c1-2-12(27)25-19(30)16-14(28)15(29)20(31-16)26-10-24-13-17(22-9-23-18(13)26)21-8-11-6-4-3-5-7-11/h3-7,9-10,14-16,19-20,28-30H,2,8H2,1H3,(H,25,27)(H,21,22,23)/t14-,15+,16-,19?,20+/m0/s1. The van der Waals surface area contributed by atoms with Crippen LogP contribution in [0, 0.1) is 0 Å². The zero-order valence-corrected chi connectivity index (χ0v) is 16.8. The maximum atomic E-state index is 11.5. The molecule has 1 fully saturated rings. The van der Waals surface area contributed by atoms with Crippen LogP contribution in [0.5, 0.6) is 0 Å². The second kappa shape index (κ2) is 8.94. The fraction of sp³-hybridized carbons (Fsp3) is 0.400. The zero-order valence-electron chi connectivity index (χ0n) is 16.8. The van der Waals surface area contributed by atoms with Crippen LogP contribution in [-0.2, 0) is 16.1 Å². The summed E-state index contributed by atoms with van der Waals surface area (Å²) in [5, 5.41) is 36.6. The summed E-state index contributed by atoms with van der Waals surface area (Å²) in [6, 6.07) is 9.79. The third kappa shape index (κ3) is 4.21. The van der Waals surface area contributed by atoms with Crippen LogP contribution in [0.2, 0.25) is 0 Å². The highest BCUT2D eigenvalue weighted by Gasteiger charge is 2.47. The summed E-state index contributed by atoms with van der Waals surface area (Å²) < 4.78 is 7.16. The van der Waals surface area contributed by atoms with E-state index < -0.39 is 36.7 Å². The van der Waals surface area contributed by atoms with E-state index in [-0.39, 0.29) is 6.42 Å². The molecule has 0 saturated carbocycles. The smallest absolute Gasteiger partial charge is 0.221 e. The summed E-state index contributed by atoms with van der Waals surface area (Å²) in [5.41, 5.74) is 1.92. The molecule has 1 aliphatic rings. The van der Waals surface area contributed by atoms with E-state index in [0.29, 0.717) is 23.5 Å². The van der Waals surface area contributed by atoms with Gasteiger partial charge >= 0.3 is 0 Å². The van der Waals surface area contributed by atoms with Gasteiger partial charge < -0.3 is 30.7 Å². The van der Waals surface area contributed by atoms with Gasteiger partial charge in [0.25, 0.3) is 0 Å². The number of carbonyl (C=O) groups excluding carboxylic acids is 1. The van der Waals surface area contributed by atoms with Crippen LogP contribution in [-0.4, -0.2) is 65.3 Å². The molecule has 0 bridgehead atoms. The second-order valence-corrected chi connectivity index (χ2v) is 7.22. The Balaban J connectivity index is 1.55. The quantitative estimate of drug-likeness (QED) is 0.325. The second-order valence-electron chi connectivity index (χ2n) is 7.22. The molecule has 1 aliphatic heterocycles. The third-order valence-corrected chi connectivity index (χ3v) is 5.15. The summed E-state index contributed by atoms with van der Waals surface area (Å²) in [4.78, 5) is 24.4. The minimum Gasteiger partial charge on any atom is -0.387 e. The molecule has 1 saturated heterocycles. The first-order chi connectivity index (χ1) is 15.0. The normalized spacial score (nSPS) is 24.3. The van der Waals surface area contributed by atoms with Crippen molar-refractivity contribution in [3.63, 3.8) is 0 Å². The molecule has 1 unspecified atom stereocenters. The van der Waals surface area contributed by atoms with Crippen LogP contribution >= 0.6 is 0 Å². The van der Waals surface area contributed by atoms with Gasteiger partial charge in [0.1, 0.15) is 24.6 Å². The highest BCUT2D eigenvalue weighted by Crippen LogP contribution is 2.33. The van der Waals surface area contributed by atoms with E-state index in [9.17, 15) is 20.1 Å². The number of rotatable bonds is 7. The number of amides is 1. The summed E-state index contributed by atoms with van der Waals surface area (Å²) >= 11 is 0. The van der Waals surface area contributed by atoms with Gasteiger partial charge in [0.2, 0.25) is 5.91 Å². The number of benzene rings is 1. The largest absolute Gasteiger partial charge is 0.387 e. The lowest BCUT2D eigenvalue weighted by atomic mass is 10.1. The summed E-state index contributed by atoms with van der Waals surface area (Å²) in [7, 11) is 0. The molecule has 1 aromatic carbocycles. The Bertz CT molecular complexity index is 1040. The van der Waals surface area contributed by atoms with E-state index in [1.807, 2.05) is 30.3 Å². The SMILES string of the molecule is CCC(=O)NC(O)[C@H]1O[C@@H](n2cnc3c(NCc4ccccc4)ncnc32)[C@H](O)[C@@H]1O. The monoisotopic (exact) mass is 428 g/mol. The molecular formula is C20H24N6O5. The Morgan fingerprint density at radius 1 is 1.19 bits per heavy atom. The number of aliphatic hydroxyl groups excluding tert-OH is 3. The van der Waals surface area contributed by atoms with E-state index in [2.05, 4.69) is 25.6 Å². The Morgan fingerprint density at radius 3 is 2.71 bits per heavy atom. The first kappa shape index (κ1) is 21.1. The third-order valence-electron chi connectivity index (χ3n) is 5.15. The fourth-order valence-corrected chi connectivity index (χ4v) is 3.47. The molecule has 0 aliphatic carbocycles. The van der Waals surface area contributed by atoms with Gasteiger partial charge in [-0.25, -0.2) is 15.0 Å². The van der Waals surface area contributed by atoms with E-state index in [0.717, 1.165) is 5.56 Å². The fourth-order valence-electron chi connectivity index (χ4n) is 3.47. The molecule has 5 N–H and O–H groups in total. The Kier molecular flexibility index (Phi) is 6.09. The number of hydrogen-bond acceptors (Lipinski definition) is 9. The summed E-state index contributed by atoms with van der Waals surface area (Å²) in [5.74, 6) is 0.101. The van der Waals surface area contributed by atoms with Crippen LogP contribution in [0.3, 0.4) is 0 Å². The number of aliphatic hydroxyl groups is 3. The molecule has 11 nitrogen and oxygen atoms in total. The van der Waals surface area contributed by atoms with Crippen molar-refractivity contribution in [1.29, 1.82) is 0 Å². The number of fused-ring (bicyclic) bond motifs is 1. The van der Waals surface area contributed by atoms with Crippen LogP contribution < -0.4 is 10.6 Å². The number of hydrogen-bond donors (Lipinski definition) is 5. The van der Waals surface area contributed by atoms with Crippen molar-refractivity contribution in [3.05, 3.63) is 48.5 Å². The maximum Gasteiger partial charge on any atom is 0.221 e. The van der Waals surface area contributed by atoms with Crippen molar-refractivity contribution < 1.29 is 24.9 Å². The van der Waals surface area contributed by atoms with Gasteiger partial charge in [-0.3, -0.25) is 9.36 Å².